The molecule has 0 bridgehead atoms. The van der Waals surface area contributed by atoms with Crippen LogP contribution in [0.25, 0.3) is 0 Å². The number of anilines is 1. The summed E-state index contributed by atoms with van der Waals surface area (Å²) in [6.45, 7) is 9.93. The van der Waals surface area contributed by atoms with Gasteiger partial charge in [0.05, 0.1) is 16.8 Å². The molecular weight excluding hydrogens is 458 g/mol. The maximum Gasteiger partial charge on any atom is 0.270 e. The Morgan fingerprint density at radius 2 is 1.76 bits per heavy atom. The van der Waals surface area contributed by atoms with Crippen molar-refractivity contribution in [1.29, 1.82) is 0 Å². The third-order valence-corrected chi connectivity index (χ3v) is 7.72. The molecule has 1 amide bonds. The summed E-state index contributed by atoms with van der Waals surface area (Å²) in [6.07, 6.45) is 1.04. The van der Waals surface area contributed by atoms with E-state index in [4.69, 9.17) is 0 Å². The molecule has 3 rings (SSSR count). The number of thioether (sulfide) groups is 1. The number of nitrogens with zero attached hydrogens (tertiary/aromatic N) is 1. The Labute approximate surface area is 198 Å². The second-order valence-corrected chi connectivity index (χ2v) is 11.7. The second-order valence-electron chi connectivity index (χ2n) is 8.81. The number of amides is 1. The van der Waals surface area contributed by atoms with Crippen molar-refractivity contribution >= 4 is 33.2 Å². The molecule has 33 heavy (non-hydrogen) atoms. The third kappa shape index (κ3) is 5.91. The summed E-state index contributed by atoms with van der Waals surface area (Å²) in [5, 5.41) is 3.00. The molecule has 1 aromatic heterocycles. The van der Waals surface area contributed by atoms with Crippen LogP contribution < -0.4 is 10.9 Å². The molecule has 0 saturated carbocycles. The minimum absolute atomic E-state index is 0.0106. The van der Waals surface area contributed by atoms with E-state index in [1.807, 2.05) is 52.8 Å². The first-order chi connectivity index (χ1) is 15.4. The smallest absolute Gasteiger partial charge is 0.270 e. The van der Waals surface area contributed by atoms with Gasteiger partial charge in [-0.3, -0.25) is 9.59 Å². The SMILES string of the molecule is Cc1ccc(C)c(NC(=O)CSc2ncc(S(=O)(=O)c3ccc(C(C)(C)C)cc3)c(=O)[nH]2)c1. The minimum Gasteiger partial charge on any atom is -0.325 e. The number of nitrogens with one attached hydrogen (secondary N) is 2. The lowest BCUT2D eigenvalue weighted by Gasteiger charge is -2.19. The van der Waals surface area contributed by atoms with Crippen LogP contribution in [0.5, 0.6) is 0 Å². The number of carbonyl (C=O) groups excluding carboxylic acids is 1. The van der Waals surface area contributed by atoms with E-state index < -0.39 is 20.3 Å². The molecule has 9 heteroatoms. The first kappa shape index (κ1) is 24.7. The van der Waals surface area contributed by atoms with Crippen molar-refractivity contribution in [2.24, 2.45) is 0 Å². The van der Waals surface area contributed by atoms with E-state index in [2.05, 4.69) is 15.3 Å². The number of aryl methyl sites for hydroxylation is 2. The van der Waals surface area contributed by atoms with Crippen molar-refractivity contribution in [3.63, 3.8) is 0 Å². The zero-order valence-electron chi connectivity index (χ0n) is 19.2. The van der Waals surface area contributed by atoms with Gasteiger partial charge in [-0.2, -0.15) is 0 Å². The summed E-state index contributed by atoms with van der Waals surface area (Å²) < 4.78 is 25.8. The van der Waals surface area contributed by atoms with Gasteiger partial charge in [-0.05, 0) is 54.2 Å². The van der Waals surface area contributed by atoms with E-state index in [0.717, 1.165) is 40.3 Å². The van der Waals surface area contributed by atoms with Gasteiger partial charge >= 0.3 is 0 Å². The number of carbonyl (C=O) groups is 1. The maximum atomic E-state index is 12.9. The predicted octanol–water partition coefficient (Wildman–Crippen LogP) is 4.25. The van der Waals surface area contributed by atoms with Gasteiger partial charge in [0.25, 0.3) is 5.56 Å². The van der Waals surface area contributed by atoms with Gasteiger partial charge in [-0.15, -0.1) is 0 Å². The highest BCUT2D eigenvalue weighted by molar-refractivity contribution is 7.99. The van der Waals surface area contributed by atoms with Crippen LogP contribution in [0.3, 0.4) is 0 Å². The van der Waals surface area contributed by atoms with E-state index in [0.29, 0.717) is 0 Å². The Morgan fingerprint density at radius 1 is 1.09 bits per heavy atom. The number of hydrogen-bond donors (Lipinski definition) is 2. The average molecular weight is 486 g/mol. The lowest BCUT2D eigenvalue weighted by molar-refractivity contribution is -0.113. The number of benzene rings is 2. The van der Waals surface area contributed by atoms with Crippen LogP contribution in [-0.4, -0.2) is 30.0 Å². The number of aromatic nitrogens is 2. The van der Waals surface area contributed by atoms with Crippen LogP contribution in [0.1, 0.15) is 37.5 Å². The van der Waals surface area contributed by atoms with Gasteiger partial charge in [0.15, 0.2) is 10.1 Å². The minimum atomic E-state index is -4.02. The summed E-state index contributed by atoms with van der Waals surface area (Å²) in [5.41, 5.74) is 2.78. The maximum absolute atomic E-state index is 12.9. The van der Waals surface area contributed by atoms with Crippen LogP contribution in [0.15, 0.2) is 68.4 Å². The summed E-state index contributed by atoms with van der Waals surface area (Å²) in [4.78, 5) is 30.9. The van der Waals surface area contributed by atoms with Crippen molar-refractivity contribution in [1.82, 2.24) is 9.97 Å². The van der Waals surface area contributed by atoms with Gasteiger partial charge in [0.1, 0.15) is 0 Å². The van der Waals surface area contributed by atoms with Crippen LogP contribution in [0, 0.1) is 13.8 Å². The van der Waals surface area contributed by atoms with E-state index in [-0.39, 0.29) is 27.1 Å². The molecule has 0 spiro atoms. The summed E-state index contributed by atoms with van der Waals surface area (Å²) in [6, 6.07) is 12.2. The number of H-pyrrole nitrogens is 1. The molecule has 0 atom stereocenters. The van der Waals surface area contributed by atoms with Crippen molar-refractivity contribution in [3.05, 3.63) is 75.7 Å². The Morgan fingerprint density at radius 3 is 2.36 bits per heavy atom. The summed E-state index contributed by atoms with van der Waals surface area (Å²) in [5.74, 6) is -0.247. The molecule has 0 aliphatic rings. The van der Waals surface area contributed by atoms with E-state index in [1.54, 1.807) is 12.1 Å². The van der Waals surface area contributed by atoms with Gasteiger partial charge < -0.3 is 10.3 Å². The van der Waals surface area contributed by atoms with Gasteiger partial charge in [0.2, 0.25) is 15.7 Å². The van der Waals surface area contributed by atoms with Crippen LogP contribution in [0.4, 0.5) is 5.69 Å². The average Bonchev–Trinajstić information content (AvgIpc) is 2.74. The Hall–Kier alpha value is -2.91. The molecule has 0 fully saturated rings. The van der Waals surface area contributed by atoms with Crippen molar-refractivity contribution < 1.29 is 13.2 Å². The molecular formula is C24H27N3O4S2. The Balaban J connectivity index is 1.72. The molecule has 7 nitrogen and oxygen atoms in total. The van der Waals surface area contributed by atoms with E-state index in [9.17, 15) is 18.0 Å². The zero-order chi connectivity index (χ0) is 24.4. The highest BCUT2D eigenvalue weighted by Crippen LogP contribution is 2.25. The monoisotopic (exact) mass is 485 g/mol. The largest absolute Gasteiger partial charge is 0.325 e. The summed E-state index contributed by atoms with van der Waals surface area (Å²) in [7, 11) is -4.02. The topological polar surface area (TPSA) is 109 Å². The number of rotatable bonds is 6. The molecule has 174 valence electrons. The fourth-order valence-electron chi connectivity index (χ4n) is 3.08. The first-order valence-electron chi connectivity index (χ1n) is 10.3. The molecule has 0 aliphatic heterocycles. The fraction of sp³-hybridized carbons (Fsp3) is 0.292. The molecule has 0 radical (unpaired) electrons. The van der Waals surface area contributed by atoms with Crippen LogP contribution in [0.2, 0.25) is 0 Å². The van der Waals surface area contributed by atoms with Gasteiger partial charge in [-0.1, -0.05) is 56.8 Å². The fourth-order valence-corrected chi connectivity index (χ4v) is 4.95. The highest BCUT2D eigenvalue weighted by atomic mass is 32.2. The normalized spacial score (nSPS) is 11.9. The molecule has 0 unspecified atom stereocenters. The Kier molecular flexibility index (Phi) is 7.14. The zero-order valence-corrected chi connectivity index (χ0v) is 20.9. The quantitative estimate of drug-likeness (QED) is 0.399. The third-order valence-electron chi connectivity index (χ3n) is 5.07. The van der Waals surface area contributed by atoms with Crippen molar-refractivity contribution in [2.45, 2.75) is 55.0 Å². The van der Waals surface area contributed by atoms with Gasteiger partial charge in [0, 0.05) is 5.69 Å². The van der Waals surface area contributed by atoms with Crippen LogP contribution >= 0.6 is 11.8 Å². The standard InChI is InChI=1S/C24H27N3O4S2/c1-15-6-7-16(2)19(12-15)26-21(28)14-32-23-25-13-20(22(29)27-23)33(30,31)18-10-8-17(9-11-18)24(3,4)5/h6-13H,14H2,1-5H3,(H,26,28)(H,25,27,29). The molecule has 1 heterocycles. The first-order valence-corrected chi connectivity index (χ1v) is 12.8. The molecule has 0 aliphatic carbocycles. The van der Waals surface area contributed by atoms with Crippen molar-refractivity contribution in [2.75, 3.05) is 11.1 Å². The molecule has 2 aromatic carbocycles. The lowest BCUT2D eigenvalue weighted by Crippen LogP contribution is -2.20. The number of aromatic amines is 1. The number of sulfone groups is 1. The molecule has 3 aromatic rings. The van der Waals surface area contributed by atoms with E-state index in [1.165, 1.54) is 12.1 Å². The molecule has 0 saturated heterocycles. The van der Waals surface area contributed by atoms with E-state index >= 15 is 0 Å². The van der Waals surface area contributed by atoms with Gasteiger partial charge in [-0.25, -0.2) is 13.4 Å². The second kappa shape index (κ2) is 9.52. The molecule has 2 N–H and O–H groups in total. The highest BCUT2D eigenvalue weighted by Gasteiger charge is 2.23. The van der Waals surface area contributed by atoms with Crippen LogP contribution in [-0.2, 0) is 20.0 Å². The predicted molar refractivity (Wildman–Crippen MR) is 131 cm³/mol. The Bertz CT molecular complexity index is 1340. The number of hydrogen-bond acceptors (Lipinski definition) is 6. The van der Waals surface area contributed by atoms with Crippen molar-refractivity contribution in [3.8, 4) is 0 Å². The lowest BCUT2D eigenvalue weighted by atomic mass is 9.87. The summed E-state index contributed by atoms with van der Waals surface area (Å²) >= 11 is 1.02.